The highest BCUT2D eigenvalue weighted by Gasteiger charge is 2.36. The quantitative estimate of drug-likeness (QED) is 0.886. The summed E-state index contributed by atoms with van der Waals surface area (Å²) in [6.45, 7) is 5.34. The molecule has 1 aromatic rings. The molecule has 1 aromatic carbocycles. The lowest BCUT2D eigenvalue weighted by Gasteiger charge is -2.31. The van der Waals surface area contributed by atoms with Gasteiger partial charge in [0.15, 0.2) is 5.17 Å². The van der Waals surface area contributed by atoms with Gasteiger partial charge in [-0.3, -0.25) is 4.99 Å². The van der Waals surface area contributed by atoms with Crippen LogP contribution in [0.15, 0.2) is 17.1 Å². The van der Waals surface area contributed by atoms with E-state index in [0.717, 1.165) is 34.9 Å². The summed E-state index contributed by atoms with van der Waals surface area (Å²) in [5, 5.41) is 4.46. The third-order valence-corrected chi connectivity index (χ3v) is 5.98. The van der Waals surface area contributed by atoms with Crippen molar-refractivity contribution in [1.29, 1.82) is 0 Å². The minimum absolute atomic E-state index is 0.0914. The van der Waals surface area contributed by atoms with E-state index in [4.69, 9.17) is 4.99 Å². The second kappa shape index (κ2) is 5.99. The van der Waals surface area contributed by atoms with E-state index < -0.39 is 0 Å². The first-order chi connectivity index (χ1) is 10.1. The van der Waals surface area contributed by atoms with E-state index in [9.17, 15) is 4.39 Å². The SMILES string of the molecule is Cc1cc(CNC2=NCC3(CCCC3)CS2)cc(C)c1F. The molecular formula is C17H23FN2S. The van der Waals surface area contributed by atoms with Gasteiger partial charge in [0.05, 0.1) is 0 Å². The first-order valence-electron chi connectivity index (χ1n) is 7.75. The van der Waals surface area contributed by atoms with Gasteiger partial charge in [-0.2, -0.15) is 0 Å². The third kappa shape index (κ3) is 3.25. The van der Waals surface area contributed by atoms with E-state index in [-0.39, 0.29) is 5.82 Å². The van der Waals surface area contributed by atoms with Crippen LogP contribution in [0.1, 0.15) is 42.4 Å². The Labute approximate surface area is 130 Å². The average Bonchev–Trinajstić information content (AvgIpc) is 2.92. The molecule has 21 heavy (non-hydrogen) atoms. The van der Waals surface area contributed by atoms with Gasteiger partial charge in [-0.1, -0.05) is 36.7 Å². The van der Waals surface area contributed by atoms with E-state index in [1.54, 1.807) is 0 Å². The van der Waals surface area contributed by atoms with Crippen molar-refractivity contribution in [1.82, 2.24) is 5.32 Å². The second-order valence-electron chi connectivity index (χ2n) is 6.51. The lowest BCUT2D eigenvalue weighted by Crippen LogP contribution is -2.33. The van der Waals surface area contributed by atoms with Crippen LogP contribution < -0.4 is 5.32 Å². The van der Waals surface area contributed by atoms with Gasteiger partial charge >= 0.3 is 0 Å². The predicted octanol–water partition coefficient (Wildman–Crippen LogP) is 4.20. The molecule has 2 nitrogen and oxygen atoms in total. The third-order valence-electron chi connectivity index (χ3n) is 4.68. The first kappa shape index (κ1) is 14.9. The van der Waals surface area contributed by atoms with Crippen molar-refractivity contribution in [2.24, 2.45) is 10.4 Å². The van der Waals surface area contributed by atoms with Crippen LogP contribution in [-0.4, -0.2) is 17.5 Å². The highest BCUT2D eigenvalue weighted by molar-refractivity contribution is 8.13. The molecule has 1 saturated carbocycles. The number of aryl methyl sites for hydroxylation is 2. The zero-order valence-corrected chi connectivity index (χ0v) is 13.7. The van der Waals surface area contributed by atoms with Crippen LogP contribution in [0, 0.1) is 25.1 Å². The summed E-state index contributed by atoms with van der Waals surface area (Å²) in [5.41, 5.74) is 3.04. The zero-order valence-electron chi connectivity index (χ0n) is 12.8. The van der Waals surface area contributed by atoms with Crippen molar-refractivity contribution in [3.05, 3.63) is 34.6 Å². The Balaban J connectivity index is 1.60. The summed E-state index contributed by atoms with van der Waals surface area (Å²) >= 11 is 1.85. The number of thioether (sulfide) groups is 1. The van der Waals surface area contributed by atoms with Crippen LogP contribution in [0.2, 0.25) is 0 Å². The number of hydrogen-bond donors (Lipinski definition) is 1. The molecule has 1 aliphatic carbocycles. The molecule has 0 saturated heterocycles. The number of hydrogen-bond acceptors (Lipinski definition) is 3. The molecule has 1 fully saturated rings. The van der Waals surface area contributed by atoms with Gasteiger partial charge in [0.1, 0.15) is 5.82 Å². The van der Waals surface area contributed by atoms with Crippen molar-refractivity contribution in [2.45, 2.75) is 46.1 Å². The van der Waals surface area contributed by atoms with E-state index >= 15 is 0 Å². The summed E-state index contributed by atoms with van der Waals surface area (Å²) < 4.78 is 13.6. The molecule has 1 heterocycles. The minimum Gasteiger partial charge on any atom is -0.361 e. The zero-order chi connectivity index (χ0) is 14.9. The smallest absolute Gasteiger partial charge is 0.156 e. The molecule has 0 radical (unpaired) electrons. The number of nitrogens with one attached hydrogen (secondary N) is 1. The largest absolute Gasteiger partial charge is 0.361 e. The maximum atomic E-state index is 13.6. The first-order valence-corrected chi connectivity index (χ1v) is 8.73. The van der Waals surface area contributed by atoms with Gasteiger partial charge in [-0.05, 0) is 48.8 Å². The normalized spacial score (nSPS) is 20.6. The highest BCUT2D eigenvalue weighted by atomic mass is 32.2. The minimum atomic E-state index is -0.0914. The monoisotopic (exact) mass is 306 g/mol. The molecule has 2 aliphatic rings. The molecule has 4 heteroatoms. The van der Waals surface area contributed by atoms with Crippen molar-refractivity contribution in [2.75, 3.05) is 12.3 Å². The van der Waals surface area contributed by atoms with Crippen molar-refractivity contribution < 1.29 is 4.39 Å². The van der Waals surface area contributed by atoms with Gasteiger partial charge in [0.2, 0.25) is 0 Å². The van der Waals surface area contributed by atoms with Gasteiger partial charge in [-0.15, -0.1) is 0 Å². The van der Waals surface area contributed by atoms with E-state index in [1.807, 2.05) is 37.7 Å². The summed E-state index contributed by atoms with van der Waals surface area (Å²) in [4.78, 5) is 4.74. The van der Waals surface area contributed by atoms with Crippen LogP contribution >= 0.6 is 11.8 Å². The lowest BCUT2D eigenvalue weighted by molar-refractivity contribution is 0.358. The van der Waals surface area contributed by atoms with Crippen LogP contribution in [-0.2, 0) is 6.54 Å². The summed E-state index contributed by atoms with van der Waals surface area (Å²) in [6, 6.07) is 3.84. The maximum absolute atomic E-state index is 13.6. The second-order valence-corrected chi connectivity index (χ2v) is 7.48. The fraction of sp³-hybridized carbons (Fsp3) is 0.588. The molecular weight excluding hydrogens is 283 g/mol. The van der Waals surface area contributed by atoms with Crippen molar-refractivity contribution in [3.63, 3.8) is 0 Å². The lowest BCUT2D eigenvalue weighted by atomic mass is 9.89. The number of benzene rings is 1. The predicted molar refractivity (Wildman–Crippen MR) is 88.4 cm³/mol. The van der Waals surface area contributed by atoms with Crippen LogP contribution in [0.4, 0.5) is 4.39 Å². The van der Waals surface area contributed by atoms with Gasteiger partial charge in [-0.25, -0.2) is 4.39 Å². The Morgan fingerprint density at radius 2 is 1.90 bits per heavy atom. The number of halogens is 1. The Hall–Kier alpha value is -1.03. The standard InChI is InChI=1S/C17H23FN2S/c1-12-7-14(8-13(2)15(12)18)9-19-16-20-10-17(11-21-16)5-3-4-6-17/h7-8H,3-6,9-11H2,1-2H3,(H,19,20). The molecule has 114 valence electrons. The molecule has 1 N–H and O–H groups in total. The molecule has 0 bridgehead atoms. The molecule has 1 aliphatic heterocycles. The fourth-order valence-corrected chi connectivity index (χ4v) is 4.55. The Bertz CT molecular complexity index is 539. The average molecular weight is 306 g/mol. The van der Waals surface area contributed by atoms with E-state index in [0.29, 0.717) is 5.41 Å². The highest BCUT2D eigenvalue weighted by Crippen LogP contribution is 2.43. The van der Waals surface area contributed by atoms with Crippen molar-refractivity contribution in [3.8, 4) is 0 Å². The Morgan fingerprint density at radius 1 is 1.24 bits per heavy atom. The maximum Gasteiger partial charge on any atom is 0.156 e. The van der Waals surface area contributed by atoms with Crippen molar-refractivity contribution >= 4 is 16.9 Å². The Morgan fingerprint density at radius 3 is 2.48 bits per heavy atom. The van der Waals surface area contributed by atoms with E-state index in [1.165, 1.54) is 31.4 Å². The molecule has 3 rings (SSSR count). The van der Waals surface area contributed by atoms with Gasteiger partial charge < -0.3 is 5.32 Å². The van der Waals surface area contributed by atoms with Crippen LogP contribution in [0.5, 0.6) is 0 Å². The van der Waals surface area contributed by atoms with E-state index in [2.05, 4.69) is 5.32 Å². The molecule has 1 spiro atoms. The molecule has 0 unspecified atom stereocenters. The fourth-order valence-electron chi connectivity index (χ4n) is 3.40. The van der Waals surface area contributed by atoms with Crippen LogP contribution in [0.25, 0.3) is 0 Å². The van der Waals surface area contributed by atoms with Crippen LogP contribution in [0.3, 0.4) is 0 Å². The Kier molecular flexibility index (Phi) is 4.25. The molecule has 0 amide bonds. The molecule has 0 aromatic heterocycles. The number of nitrogens with zero attached hydrogens (tertiary/aromatic N) is 1. The summed E-state index contributed by atoms with van der Waals surface area (Å²) in [6.07, 6.45) is 5.42. The number of rotatable bonds is 2. The topological polar surface area (TPSA) is 24.4 Å². The number of amidine groups is 1. The molecule has 0 atom stereocenters. The van der Waals surface area contributed by atoms with Gasteiger partial charge in [0, 0.05) is 18.8 Å². The summed E-state index contributed by atoms with van der Waals surface area (Å²) in [5.74, 6) is 1.10. The summed E-state index contributed by atoms with van der Waals surface area (Å²) in [7, 11) is 0. The number of aliphatic imine (C=N–C) groups is 1. The van der Waals surface area contributed by atoms with Gasteiger partial charge in [0.25, 0.3) is 0 Å².